The van der Waals surface area contributed by atoms with Crippen molar-refractivity contribution < 1.29 is 18.7 Å². The van der Waals surface area contributed by atoms with Gasteiger partial charge in [0.05, 0.1) is 12.2 Å². The summed E-state index contributed by atoms with van der Waals surface area (Å²) < 4.78 is 18.3. The Morgan fingerprint density at radius 2 is 1.90 bits per heavy atom. The highest BCUT2D eigenvalue weighted by atomic mass is 35.5. The van der Waals surface area contributed by atoms with Gasteiger partial charge in [0.15, 0.2) is 0 Å². The Bertz CT molecular complexity index is 920. The number of hydrogen-bond donors (Lipinski definition) is 1. The van der Waals surface area contributed by atoms with Crippen LogP contribution in [-0.2, 0) is 11.3 Å². The summed E-state index contributed by atoms with van der Waals surface area (Å²) >= 11 is 6.12. The third-order valence-corrected chi connectivity index (χ3v) is 5.55. The number of nitrogens with zero attached hydrogens (tertiary/aromatic N) is 2. The predicted octanol–water partition coefficient (Wildman–Crippen LogP) is 3.56. The van der Waals surface area contributed by atoms with E-state index in [2.05, 4.69) is 9.88 Å². The van der Waals surface area contributed by atoms with E-state index in [0.29, 0.717) is 60.3 Å². The molecule has 0 unspecified atom stereocenters. The Balaban J connectivity index is 1.64. The number of aromatic amines is 1. The Morgan fingerprint density at radius 1 is 1.21 bits per heavy atom. The van der Waals surface area contributed by atoms with Crippen LogP contribution in [0.25, 0.3) is 0 Å². The van der Waals surface area contributed by atoms with Crippen LogP contribution in [0.2, 0.25) is 5.02 Å². The second-order valence-corrected chi connectivity index (χ2v) is 7.56. The van der Waals surface area contributed by atoms with E-state index in [1.165, 1.54) is 12.1 Å². The van der Waals surface area contributed by atoms with Crippen LogP contribution in [0, 0.1) is 19.7 Å². The Kier molecular flexibility index (Phi) is 6.59. The van der Waals surface area contributed by atoms with Gasteiger partial charge in [-0.3, -0.25) is 9.69 Å². The van der Waals surface area contributed by atoms with Crippen molar-refractivity contribution in [2.24, 2.45) is 0 Å². The van der Waals surface area contributed by atoms with Crippen LogP contribution in [0.15, 0.2) is 18.2 Å². The van der Waals surface area contributed by atoms with Crippen LogP contribution < -0.4 is 0 Å². The number of benzene rings is 1. The molecule has 1 fully saturated rings. The lowest BCUT2D eigenvalue weighted by molar-refractivity contribution is 0.0525. The minimum atomic E-state index is -0.418. The van der Waals surface area contributed by atoms with Gasteiger partial charge in [-0.05, 0) is 44.0 Å². The molecule has 0 radical (unpaired) electrons. The van der Waals surface area contributed by atoms with E-state index in [-0.39, 0.29) is 18.3 Å². The number of hydrogen-bond acceptors (Lipinski definition) is 4. The summed E-state index contributed by atoms with van der Waals surface area (Å²) in [6.07, 6.45) is 0. The third kappa shape index (κ3) is 4.62. The van der Waals surface area contributed by atoms with E-state index in [9.17, 15) is 14.0 Å². The normalized spacial score (nSPS) is 14.9. The third-order valence-electron chi connectivity index (χ3n) is 5.20. The average Bonchev–Trinajstić information content (AvgIpc) is 2.98. The number of H-pyrrole nitrogens is 1. The van der Waals surface area contributed by atoms with Crippen molar-refractivity contribution in [3.63, 3.8) is 0 Å². The lowest BCUT2D eigenvalue weighted by Crippen LogP contribution is -2.48. The minimum absolute atomic E-state index is 0.124. The van der Waals surface area contributed by atoms with E-state index in [1.807, 2.05) is 0 Å². The minimum Gasteiger partial charge on any atom is -0.462 e. The number of carbonyl (C=O) groups is 2. The molecule has 2 heterocycles. The molecule has 2 aromatic rings. The summed E-state index contributed by atoms with van der Waals surface area (Å²) in [4.78, 5) is 32.1. The highest BCUT2D eigenvalue weighted by Crippen LogP contribution is 2.22. The molecule has 1 aliphatic rings. The first-order valence-electron chi connectivity index (χ1n) is 9.63. The molecule has 1 aromatic carbocycles. The summed E-state index contributed by atoms with van der Waals surface area (Å²) in [5.74, 6) is -0.896. The second-order valence-electron chi connectivity index (χ2n) is 7.15. The molecule has 1 aliphatic heterocycles. The lowest BCUT2D eigenvalue weighted by atomic mass is 10.1. The van der Waals surface area contributed by atoms with Crippen molar-refractivity contribution in [2.75, 3.05) is 32.8 Å². The van der Waals surface area contributed by atoms with Crippen LogP contribution >= 0.6 is 11.6 Å². The number of carbonyl (C=O) groups excluding carboxylic acids is 2. The molecule has 29 heavy (non-hydrogen) atoms. The van der Waals surface area contributed by atoms with Crippen molar-refractivity contribution in [2.45, 2.75) is 27.3 Å². The van der Waals surface area contributed by atoms with Crippen LogP contribution in [0.3, 0.4) is 0 Å². The molecule has 0 spiro atoms. The molecule has 8 heteroatoms. The zero-order valence-corrected chi connectivity index (χ0v) is 17.6. The highest BCUT2D eigenvalue weighted by Gasteiger charge is 2.28. The Labute approximate surface area is 174 Å². The number of halogens is 2. The maximum atomic E-state index is 13.2. The molecule has 0 saturated carbocycles. The topological polar surface area (TPSA) is 65.6 Å². The highest BCUT2D eigenvalue weighted by molar-refractivity contribution is 6.31. The largest absolute Gasteiger partial charge is 0.462 e. The van der Waals surface area contributed by atoms with Gasteiger partial charge in [0.1, 0.15) is 11.5 Å². The van der Waals surface area contributed by atoms with E-state index >= 15 is 0 Å². The summed E-state index contributed by atoms with van der Waals surface area (Å²) in [5.41, 5.74) is 2.98. The summed E-state index contributed by atoms with van der Waals surface area (Å²) in [7, 11) is 0. The van der Waals surface area contributed by atoms with Crippen LogP contribution in [0.1, 0.15) is 44.6 Å². The quantitative estimate of drug-likeness (QED) is 0.750. The number of aryl methyl sites for hydroxylation is 1. The summed E-state index contributed by atoms with van der Waals surface area (Å²) in [6, 6.07) is 4.41. The van der Waals surface area contributed by atoms with Crippen molar-refractivity contribution in [3.8, 4) is 0 Å². The molecule has 1 amide bonds. The number of nitrogens with one attached hydrogen (secondary N) is 1. The fourth-order valence-corrected chi connectivity index (χ4v) is 3.86. The Morgan fingerprint density at radius 3 is 2.52 bits per heavy atom. The van der Waals surface area contributed by atoms with Crippen LogP contribution in [-0.4, -0.2) is 59.4 Å². The molecule has 1 saturated heterocycles. The average molecular weight is 422 g/mol. The molecule has 6 nitrogen and oxygen atoms in total. The first-order chi connectivity index (χ1) is 13.8. The standard InChI is InChI=1S/C21H25ClFN3O3/c1-4-29-21(28)18-13(2)19(24-14(18)3)20(27)26-9-7-25(8-10-26)12-15-5-6-16(23)11-17(15)22/h5-6,11,24H,4,7-10,12H2,1-3H3. The van der Waals surface area contributed by atoms with E-state index in [1.54, 1.807) is 31.7 Å². The van der Waals surface area contributed by atoms with Crippen molar-refractivity contribution in [1.29, 1.82) is 0 Å². The number of amides is 1. The fraction of sp³-hybridized carbons (Fsp3) is 0.429. The smallest absolute Gasteiger partial charge is 0.340 e. The first kappa shape index (κ1) is 21.3. The van der Waals surface area contributed by atoms with Gasteiger partial charge in [-0.1, -0.05) is 17.7 Å². The maximum Gasteiger partial charge on any atom is 0.340 e. The van der Waals surface area contributed by atoms with Gasteiger partial charge in [0, 0.05) is 43.4 Å². The maximum absolute atomic E-state index is 13.2. The second kappa shape index (κ2) is 8.97. The SMILES string of the molecule is CCOC(=O)c1c(C)[nH]c(C(=O)N2CCN(Cc3ccc(F)cc3Cl)CC2)c1C. The van der Waals surface area contributed by atoms with Crippen molar-refractivity contribution >= 4 is 23.5 Å². The molecule has 1 aromatic heterocycles. The van der Waals surface area contributed by atoms with Gasteiger partial charge in [0.2, 0.25) is 0 Å². The van der Waals surface area contributed by atoms with Gasteiger partial charge in [0.25, 0.3) is 5.91 Å². The van der Waals surface area contributed by atoms with Crippen LogP contribution in [0.5, 0.6) is 0 Å². The number of ether oxygens (including phenoxy) is 1. The molecular formula is C21H25ClFN3O3. The predicted molar refractivity (Wildman–Crippen MR) is 109 cm³/mol. The molecule has 0 atom stereocenters. The fourth-order valence-electron chi connectivity index (χ4n) is 3.63. The van der Waals surface area contributed by atoms with E-state index in [4.69, 9.17) is 16.3 Å². The number of aromatic nitrogens is 1. The van der Waals surface area contributed by atoms with E-state index in [0.717, 1.165) is 5.56 Å². The van der Waals surface area contributed by atoms with Gasteiger partial charge >= 0.3 is 5.97 Å². The molecule has 0 bridgehead atoms. The van der Waals surface area contributed by atoms with Gasteiger partial charge in [-0.15, -0.1) is 0 Å². The van der Waals surface area contributed by atoms with Gasteiger partial charge < -0.3 is 14.6 Å². The first-order valence-corrected chi connectivity index (χ1v) is 10.0. The van der Waals surface area contributed by atoms with Crippen molar-refractivity contribution in [1.82, 2.24) is 14.8 Å². The Hall–Kier alpha value is -2.38. The van der Waals surface area contributed by atoms with Crippen LogP contribution in [0.4, 0.5) is 4.39 Å². The molecule has 3 rings (SSSR count). The monoisotopic (exact) mass is 421 g/mol. The molecular weight excluding hydrogens is 397 g/mol. The summed E-state index contributed by atoms with van der Waals surface area (Å²) in [5, 5.41) is 0.410. The number of esters is 1. The van der Waals surface area contributed by atoms with E-state index < -0.39 is 5.97 Å². The molecule has 1 N–H and O–H groups in total. The van der Waals surface area contributed by atoms with Crippen molar-refractivity contribution in [3.05, 3.63) is 57.1 Å². The van der Waals surface area contributed by atoms with Gasteiger partial charge in [-0.2, -0.15) is 0 Å². The molecule has 0 aliphatic carbocycles. The zero-order valence-electron chi connectivity index (χ0n) is 16.8. The number of rotatable bonds is 5. The lowest BCUT2D eigenvalue weighted by Gasteiger charge is -2.34. The summed E-state index contributed by atoms with van der Waals surface area (Å²) in [6.45, 7) is 8.65. The number of piperazine rings is 1. The van der Waals surface area contributed by atoms with Gasteiger partial charge in [-0.25, -0.2) is 9.18 Å². The zero-order chi connectivity index (χ0) is 21.1. The molecule has 156 valence electrons.